The van der Waals surface area contributed by atoms with E-state index in [4.69, 9.17) is 17.3 Å². The van der Waals surface area contributed by atoms with Crippen LogP contribution in [0.4, 0.5) is 5.82 Å². The Labute approximate surface area is 119 Å². The molecule has 18 heavy (non-hydrogen) atoms. The Bertz CT molecular complexity index is 447. The van der Waals surface area contributed by atoms with Gasteiger partial charge in [0.25, 0.3) is 0 Å². The number of hydrogen-bond donors (Lipinski definition) is 2. The maximum absolute atomic E-state index is 11.1. The van der Waals surface area contributed by atoms with Crippen molar-refractivity contribution in [2.24, 2.45) is 11.7 Å². The summed E-state index contributed by atoms with van der Waals surface area (Å²) in [6.07, 6.45) is 5.18. The third-order valence-electron chi connectivity index (χ3n) is 3.28. The van der Waals surface area contributed by atoms with Gasteiger partial charge in [-0.2, -0.15) is 0 Å². The second-order valence-electron chi connectivity index (χ2n) is 4.58. The fourth-order valence-corrected chi connectivity index (χ4v) is 2.99. The Balaban J connectivity index is 1.93. The molecule has 1 aromatic heterocycles. The van der Waals surface area contributed by atoms with Gasteiger partial charge in [-0.25, -0.2) is 4.98 Å². The predicted octanol–water partition coefficient (Wildman–Crippen LogP) is 2.95. The number of rotatable bonds is 3. The van der Waals surface area contributed by atoms with Gasteiger partial charge in [-0.05, 0) is 47.7 Å². The van der Waals surface area contributed by atoms with Crippen molar-refractivity contribution in [2.45, 2.75) is 31.7 Å². The number of nitrogens with one attached hydrogen (secondary N) is 1. The smallest absolute Gasteiger partial charge is 0.220 e. The molecule has 0 unspecified atom stereocenters. The number of amides is 1. The van der Waals surface area contributed by atoms with Gasteiger partial charge in [-0.15, -0.1) is 0 Å². The summed E-state index contributed by atoms with van der Waals surface area (Å²) in [5.41, 5.74) is 5.31. The SMILES string of the molecule is NC(=O)C1CCC(Nc2ncc(Cl)cc2Br)CC1. The van der Waals surface area contributed by atoms with Gasteiger partial charge in [-0.1, -0.05) is 11.6 Å². The van der Waals surface area contributed by atoms with E-state index in [0.29, 0.717) is 11.1 Å². The normalized spacial score (nSPS) is 23.7. The minimum Gasteiger partial charge on any atom is -0.369 e. The molecule has 4 nitrogen and oxygen atoms in total. The first-order chi connectivity index (χ1) is 8.56. The highest BCUT2D eigenvalue weighted by Crippen LogP contribution is 2.29. The molecular formula is C12H15BrClN3O. The fourth-order valence-electron chi connectivity index (χ4n) is 2.24. The van der Waals surface area contributed by atoms with Crippen LogP contribution >= 0.6 is 27.5 Å². The Hall–Kier alpha value is -0.810. The maximum Gasteiger partial charge on any atom is 0.220 e. The Kier molecular flexibility index (Phi) is 4.45. The molecule has 1 fully saturated rings. The third-order valence-corrected chi connectivity index (χ3v) is 4.09. The largest absolute Gasteiger partial charge is 0.369 e. The lowest BCUT2D eigenvalue weighted by molar-refractivity contribution is -0.122. The molecule has 98 valence electrons. The number of aromatic nitrogens is 1. The maximum atomic E-state index is 11.1. The van der Waals surface area contributed by atoms with E-state index in [2.05, 4.69) is 26.2 Å². The zero-order valence-corrected chi connectivity index (χ0v) is 12.2. The predicted molar refractivity (Wildman–Crippen MR) is 75.5 cm³/mol. The van der Waals surface area contributed by atoms with E-state index in [1.165, 1.54) is 0 Å². The lowest BCUT2D eigenvalue weighted by Crippen LogP contribution is -2.32. The number of carbonyl (C=O) groups excluding carboxylic acids is 1. The molecule has 6 heteroatoms. The van der Waals surface area contributed by atoms with Crippen LogP contribution in [0.2, 0.25) is 5.02 Å². The Morgan fingerprint density at radius 2 is 2.11 bits per heavy atom. The molecule has 0 saturated heterocycles. The number of anilines is 1. The fraction of sp³-hybridized carbons (Fsp3) is 0.500. The van der Waals surface area contributed by atoms with Crippen molar-refractivity contribution in [1.29, 1.82) is 0 Å². The van der Waals surface area contributed by atoms with Crippen molar-refractivity contribution >= 4 is 39.3 Å². The first-order valence-electron chi connectivity index (χ1n) is 5.93. The summed E-state index contributed by atoms with van der Waals surface area (Å²) in [6.45, 7) is 0. The number of carbonyl (C=O) groups is 1. The average Bonchev–Trinajstić information content (AvgIpc) is 2.33. The van der Waals surface area contributed by atoms with Crippen molar-refractivity contribution in [1.82, 2.24) is 4.98 Å². The van der Waals surface area contributed by atoms with Crippen LogP contribution in [0, 0.1) is 5.92 Å². The zero-order chi connectivity index (χ0) is 13.1. The van der Waals surface area contributed by atoms with Gasteiger partial charge in [0, 0.05) is 18.2 Å². The highest BCUT2D eigenvalue weighted by Gasteiger charge is 2.25. The average molecular weight is 333 g/mol. The number of pyridine rings is 1. The molecule has 1 heterocycles. The van der Waals surface area contributed by atoms with Crippen LogP contribution in [0.3, 0.4) is 0 Å². The Morgan fingerprint density at radius 1 is 1.44 bits per heavy atom. The van der Waals surface area contributed by atoms with E-state index in [1.807, 2.05) is 6.07 Å². The number of primary amides is 1. The van der Waals surface area contributed by atoms with Crippen LogP contribution in [0.25, 0.3) is 0 Å². The van der Waals surface area contributed by atoms with Gasteiger partial charge in [0.05, 0.1) is 9.50 Å². The van der Waals surface area contributed by atoms with E-state index in [9.17, 15) is 4.79 Å². The molecule has 1 aliphatic carbocycles. The standard InChI is InChI=1S/C12H15BrClN3O/c13-10-5-8(14)6-16-12(10)17-9-3-1-7(2-4-9)11(15)18/h5-7,9H,1-4H2,(H2,15,18)(H,16,17). The third kappa shape index (κ3) is 3.36. The first-order valence-corrected chi connectivity index (χ1v) is 7.10. The molecular weight excluding hydrogens is 318 g/mol. The minimum absolute atomic E-state index is 0.0321. The van der Waals surface area contributed by atoms with E-state index < -0.39 is 0 Å². The highest BCUT2D eigenvalue weighted by atomic mass is 79.9. The molecule has 1 amide bonds. The highest BCUT2D eigenvalue weighted by molar-refractivity contribution is 9.10. The molecule has 0 aliphatic heterocycles. The second kappa shape index (κ2) is 5.89. The van der Waals surface area contributed by atoms with Crippen LogP contribution in [0.5, 0.6) is 0 Å². The summed E-state index contributed by atoms with van der Waals surface area (Å²) in [5.74, 6) is 0.644. The molecule has 2 rings (SSSR count). The van der Waals surface area contributed by atoms with Crippen molar-refractivity contribution in [3.8, 4) is 0 Å². The topological polar surface area (TPSA) is 68.0 Å². The number of nitrogens with two attached hydrogens (primary N) is 1. The van der Waals surface area contributed by atoms with Gasteiger partial charge >= 0.3 is 0 Å². The van der Waals surface area contributed by atoms with Gasteiger partial charge in [0.1, 0.15) is 5.82 Å². The van der Waals surface area contributed by atoms with Gasteiger partial charge < -0.3 is 11.1 Å². The summed E-state index contributed by atoms with van der Waals surface area (Å²) in [4.78, 5) is 15.3. The molecule has 1 saturated carbocycles. The van der Waals surface area contributed by atoms with E-state index in [1.54, 1.807) is 6.20 Å². The molecule has 1 aliphatic rings. The molecule has 0 bridgehead atoms. The van der Waals surface area contributed by atoms with Crippen molar-refractivity contribution < 1.29 is 4.79 Å². The number of halogens is 2. The summed E-state index contributed by atoms with van der Waals surface area (Å²) in [7, 11) is 0. The van der Waals surface area contributed by atoms with E-state index in [0.717, 1.165) is 36.0 Å². The first kappa shape index (κ1) is 13.6. The summed E-state index contributed by atoms with van der Waals surface area (Å²) in [5, 5.41) is 3.97. The minimum atomic E-state index is -0.181. The molecule has 1 aromatic rings. The van der Waals surface area contributed by atoms with Gasteiger partial charge in [0.15, 0.2) is 0 Å². The van der Waals surface area contributed by atoms with E-state index in [-0.39, 0.29) is 11.8 Å². The zero-order valence-electron chi connectivity index (χ0n) is 9.83. The van der Waals surface area contributed by atoms with Crippen LogP contribution < -0.4 is 11.1 Å². The van der Waals surface area contributed by atoms with Crippen LogP contribution in [-0.2, 0) is 4.79 Å². The van der Waals surface area contributed by atoms with Crippen LogP contribution in [0.1, 0.15) is 25.7 Å². The summed E-state index contributed by atoms with van der Waals surface area (Å²) < 4.78 is 0.854. The number of nitrogens with zero attached hydrogens (tertiary/aromatic N) is 1. The summed E-state index contributed by atoms with van der Waals surface area (Å²) in [6, 6.07) is 2.15. The molecule has 0 spiro atoms. The lowest BCUT2D eigenvalue weighted by Gasteiger charge is -2.28. The van der Waals surface area contributed by atoms with Crippen LogP contribution in [-0.4, -0.2) is 16.9 Å². The quantitative estimate of drug-likeness (QED) is 0.894. The van der Waals surface area contributed by atoms with Crippen molar-refractivity contribution in [3.05, 3.63) is 21.8 Å². The van der Waals surface area contributed by atoms with E-state index >= 15 is 0 Å². The van der Waals surface area contributed by atoms with Crippen LogP contribution in [0.15, 0.2) is 16.7 Å². The lowest BCUT2D eigenvalue weighted by atomic mass is 9.85. The second-order valence-corrected chi connectivity index (χ2v) is 5.87. The molecule has 0 atom stereocenters. The van der Waals surface area contributed by atoms with Gasteiger partial charge in [-0.3, -0.25) is 4.79 Å². The molecule has 0 aromatic carbocycles. The molecule has 3 N–H and O–H groups in total. The van der Waals surface area contributed by atoms with Crippen molar-refractivity contribution in [2.75, 3.05) is 5.32 Å². The Morgan fingerprint density at radius 3 is 2.67 bits per heavy atom. The number of hydrogen-bond acceptors (Lipinski definition) is 3. The monoisotopic (exact) mass is 331 g/mol. The summed E-state index contributed by atoms with van der Waals surface area (Å²) >= 11 is 9.27. The van der Waals surface area contributed by atoms with Crippen molar-refractivity contribution in [3.63, 3.8) is 0 Å². The molecule has 0 radical (unpaired) electrons. The van der Waals surface area contributed by atoms with Gasteiger partial charge in [0.2, 0.25) is 5.91 Å².